The van der Waals surface area contributed by atoms with Crippen molar-refractivity contribution in [3.8, 4) is 6.07 Å². The maximum atomic E-state index is 12.9. The minimum absolute atomic E-state index is 0.121. The van der Waals surface area contributed by atoms with Crippen molar-refractivity contribution in [3.63, 3.8) is 0 Å². The normalized spacial score (nSPS) is 15.9. The van der Waals surface area contributed by atoms with Gasteiger partial charge < -0.3 is 5.32 Å². The molecule has 0 radical (unpaired) electrons. The highest BCUT2D eigenvalue weighted by Gasteiger charge is 2.28. The lowest BCUT2D eigenvalue weighted by Gasteiger charge is -2.29. The van der Waals surface area contributed by atoms with Crippen molar-refractivity contribution in [1.29, 1.82) is 5.26 Å². The van der Waals surface area contributed by atoms with E-state index >= 15 is 0 Å². The van der Waals surface area contributed by atoms with Crippen LogP contribution in [0.5, 0.6) is 0 Å². The van der Waals surface area contributed by atoms with Gasteiger partial charge in [0, 0.05) is 24.3 Å². The van der Waals surface area contributed by atoms with E-state index in [1.54, 1.807) is 36.4 Å². The summed E-state index contributed by atoms with van der Waals surface area (Å²) in [6, 6.07) is 14.6. The van der Waals surface area contributed by atoms with Crippen LogP contribution in [-0.2, 0) is 10.0 Å². The van der Waals surface area contributed by atoms with Crippen LogP contribution in [0.4, 0.5) is 5.69 Å². The Morgan fingerprint density at radius 3 is 2.56 bits per heavy atom. The Morgan fingerprint density at radius 1 is 1.15 bits per heavy atom. The lowest BCUT2D eigenvalue weighted by atomic mass is 10.0. The van der Waals surface area contributed by atoms with Gasteiger partial charge in [0.05, 0.1) is 16.5 Å². The molecule has 1 saturated heterocycles. The smallest absolute Gasteiger partial charge is 0.255 e. The lowest BCUT2D eigenvalue weighted by Crippen LogP contribution is -2.37. The van der Waals surface area contributed by atoms with Crippen LogP contribution in [0.2, 0.25) is 0 Å². The molecule has 1 aliphatic rings. The van der Waals surface area contributed by atoms with Crippen LogP contribution < -0.4 is 5.32 Å². The number of rotatable bonds is 4. The molecule has 0 atom stereocenters. The summed E-state index contributed by atoms with van der Waals surface area (Å²) in [5.74, 6) is 0.104. The van der Waals surface area contributed by atoms with Crippen LogP contribution in [0.1, 0.15) is 35.7 Å². The summed E-state index contributed by atoms with van der Waals surface area (Å²) >= 11 is 0. The third-order valence-corrected chi connectivity index (χ3v) is 6.62. The number of anilines is 1. The first-order chi connectivity index (χ1) is 12.9. The maximum Gasteiger partial charge on any atom is 0.255 e. The number of nitrogens with one attached hydrogen (secondary N) is 1. The lowest BCUT2D eigenvalue weighted by molar-refractivity contribution is 0.102. The average Bonchev–Trinajstić information content (AvgIpc) is 2.68. The molecule has 0 aromatic heterocycles. The van der Waals surface area contributed by atoms with E-state index in [1.807, 2.05) is 6.07 Å². The zero-order valence-electron chi connectivity index (χ0n) is 15.1. The van der Waals surface area contributed by atoms with E-state index in [4.69, 9.17) is 5.26 Å². The SMILES string of the molecule is CC1CCN(S(=O)(=O)c2cccc(C(=O)Nc3cccc(C#N)c3)c2)CC1. The predicted octanol–water partition coefficient (Wildman–Crippen LogP) is 3.23. The van der Waals surface area contributed by atoms with Crippen LogP contribution in [-0.4, -0.2) is 31.7 Å². The van der Waals surface area contributed by atoms with Gasteiger partial charge in [0.1, 0.15) is 0 Å². The fourth-order valence-corrected chi connectivity index (χ4v) is 4.56. The Balaban J connectivity index is 1.80. The van der Waals surface area contributed by atoms with E-state index in [1.165, 1.54) is 16.4 Å². The van der Waals surface area contributed by atoms with E-state index in [0.717, 1.165) is 12.8 Å². The topological polar surface area (TPSA) is 90.3 Å². The van der Waals surface area contributed by atoms with Crippen LogP contribution >= 0.6 is 0 Å². The molecule has 1 heterocycles. The zero-order valence-corrected chi connectivity index (χ0v) is 15.9. The van der Waals surface area contributed by atoms with Crippen molar-refractivity contribution in [2.24, 2.45) is 5.92 Å². The number of carbonyl (C=O) groups is 1. The molecule has 0 aliphatic carbocycles. The first kappa shape index (κ1) is 19.1. The van der Waals surface area contributed by atoms with Gasteiger partial charge in [-0.05, 0) is 55.2 Å². The van der Waals surface area contributed by atoms with Gasteiger partial charge in [0.2, 0.25) is 10.0 Å². The van der Waals surface area contributed by atoms with E-state index in [-0.39, 0.29) is 10.5 Å². The second-order valence-corrected chi connectivity index (χ2v) is 8.70. The molecule has 6 nitrogen and oxygen atoms in total. The Hall–Kier alpha value is -2.69. The molecule has 2 aromatic carbocycles. The molecule has 1 fully saturated rings. The molecule has 140 valence electrons. The largest absolute Gasteiger partial charge is 0.322 e. The zero-order chi connectivity index (χ0) is 19.4. The molecule has 3 rings (SSSR count). The van der Waals surface area contributed by atoms with E-state index < -0.39 is 15.9 Å². The molecule has 0 spiro atoms. The van der Waals surface area contributed by atoms with Gasteiger partial charge in [0.25, 0.3) is 5.91 Å². The second kappa shape index (κ2) is 7.91. The first-order valence-electron chi connectivity index (χ1n) is 8.82. The van der Waals surface area contributed by atoms with Crippen LogP contribution in [0.3, 0.4) is 0 Å². The van der Waals surface area contributed by atoms with Crippen LogP contribution in [0.15, 0.2) is 53.4 Å². The number of hydrogen-bond donors (Lipinski definition) is 1. The minimum Gasteiger partial charge on any atom is -0.322 e. The highest BCUT2D eigenvalue weighted by Crippen LogP contribution is 2.24. The number of amides is 1. The molecule has 7 heteroatoms. The summed E-state index contributed by atoms with van der Waals surface area (Å²) in [5, 5.41) is 11.6. The standard InChI is InChI=1S/C20H21N3O3S/c1-15-8-10-23(11-9-15)27(25,26)19-7-3-5-17(13-19)20(24)22-18-6-2-4-16(12-18)14-21/h2-7,12-13,15H,8-11H2,1H3,(H,22,24). The Labute approximate surface area is 159 Å². The Kier molecular flexibility index (Phi) is 5.59. The average molecular weight is 383 g/mol. The third-order valence-electron chi connectivity index (χ3n) is 4.73. The Morgan fingerprint density at radius 2 is 1.85 bits per heavy atom. The number of sulfonamides is 1. The number of hydrogen-bond acceptors (Lipinski definition) is 4. The molecule has 1 amide bonds. The number of carbonyl (C=O) groups excluding carboxylic acids is 1. The predicted molar refractivity (Wildman–Crippen MR) is 103 cm³/mol. The fourth-order valence-electron chi connectivity index (χ4n) is 3.04. The van der Waals surface area contributed by atoms with Gasteiger partial charge in [-0.2, -0.15) is 9.57 Å². The molecule has 0 bridgehead atoms. The van der Waals surface area contributed by atoms with Crippen molar-refractivity contribution >= 4 is 21.6 Å². The highest BCUT2D eigenvalue weighted by atomic mass is 32.2. The van der Waals surface area contributed by atoms with E-state index in [0.29, 0.717) is 30.3 Å². The summed E-state index contributed by atoms with van der Waals surface area (Å²) in [4.78, 5) is 12.6. The number of nitrogens with zero attached hydrogens (tertiary/aromatic N) is 2. The van der Waals surface area contributed by atoms with Crippen LogP contribution in [0, 0.1) is 17.2 Å². The van der Waals surface area contributed by atoms with Gasteiger partial charge in [-0.15, -0.1) is 0 Å². The molecular formula is C20H21N3O3S. The van der Waals surface area contributed by atoms with Crippen molar-refractivity contribution in [1.82, 2.24) is 4.31 Å². The van der Waals surface area contributed by atoms with Crippen molar-refractivity contribution in [2.75, 3.05) is 18.4 Å². The molecule has 27 heavy (non-hydrogen) atoms. The van der Waals surface area contributed by atoms with E-state index in [9.17, 15) is 13.2 Å². The van der Waals surface area contributed by atoms with E-state index in [2.05, 4.69) is 12.2 Å². The highest BCUT2D eigenvalue weighted by molar-refractivity contribution is 7.89. The summed E-state index contributed by atoms with van der Waals surface area (Å²) < 4.78 is 27.2. The van der Waals surface area contributed by atoms with Crippen molar-refractivity contribution in [3.05, 3.63) is 59.7 Å². The molecule has 2 aromatic rings. The number of benzene rings is 2. The maximum absolute atomic E-state index is 12.9. The van der Waals surface area contributed by atoms with Gasteiger partial charge in [0.15, 0.2) is 0 Å². The summed E-state index contributed by atoms with van der Waals surface area (Å²) in [6.07, 6.45) is 1.68. The van der Waals surface area contributed by atoms with Gasteiger partial charge in [-0.25, -0.2) is 8.42 Å². The van der Waals surface area contributed by atoms with Crippen molar-refractivity contribution in [2.45, 2.75) is 24.7 Å². The number of nitriles is 1. The first-order valence-corrected chi connectivity index (χ1v) is 10.3. The van der Waals surface area contributed by atoms with Gasteiger partial charge in [-0.1, -0.05) is 19.1 Å². The molecule has 1 N–H and O–H groups in total. The Bertz CT molecular complexity index is 988. The molecular weight excluding hydrogens is 362 g/mol. The van der Waals surface area contributed by atoms with Crippen molar-refractivity contribution < 1.29 is 13.2 Å². The molecule has 0 unspecified atom stereocenters. The summed E-state index contributed by atoms with van der Waals surface area (Å²) in [6.45, 7) is 3.12. The van der Waals surface area contributed by atoms with Gasteiger partial charge in [-0.3, -0.25) is 4.79 Å². The number of piperidine rings is 1. The quantitative estimate of drug-likeness (QED) is 0.878. The molecule has 1 aliphatic heterocycles. The van der Waals surface area contributed by atoms with Crippen LogP contribution in [0.25, 0.3) is 0 Å². The third kappa shape index (κ3) is 4.35. The summed E-state index contributed by atoms with van der Waals surface area (Å²) in [7, 11) is -3.61. The fraction of sp³-hybridized carbons (Fsp3) is 0.300. The summed E-state index contributed by atoms with van der Waals surface area (Å²) in [5.41, 5.74) is 1.17. The molecule has 0 saturated carbocycles. The minimum atomic E-state index is -3.61. The van der Waals surface area contributed by atoms with Gasteiger partial charge >= 0.3 is 0 Å². The monoisotopic (exact) mass is 383 g/mol. The second-order valence-electron chi connectivity index (χ2n) is 6.76.